The van der Waals surface area contributed by atoms with Crippen LogP contribution in [0, 0.1) is 0 Å². The Kier molecular flexibility index (Phi) is 10.6. The normalized spacial score (nSPS) is 13.0. The fourth-order valence-corrected chi connectivity index (χ4v) is 4.99. The minimum atomic E-state index is -3.97. The third-order valence-corrected chi connectivity index (χ3v) is 7.21. The van der Waals surface area contributed by atoms with Gasteiger partial charge in [0, 0.05) is 36.1 Å². The zero-order valence-corrected chi connectivity index (χ0v) is 23.8. The smallest absolute Gasteiger partial charge is 0.384 e. The molecule has 1 heterocycles. The summed E-state index contributed by atoms with van der Waals surface area (Å²) in [6.45, 7) is 3.19. The molecule has 4 rings (SSSR count). The zero-order valence-electron chi connectivity index (χ0n) is 22.9. The second kappa shape index (κ2) is 14.3. The summed E-state index contributed by atoms with van der Waals surface area (Å²) < 4.78 is 15.4. The van der Waals surface area contributed by atoms with Crippen LogP contribution in [-0.4, -0.2) is 60.5 Å². The molecule has 1 aromatic heterocycles. The van der Waals surface area contributed by atoms with Crippen molar-refractivity contribution in [1.82, 2.24) is 15.2 Å². The Morgan fingerprint density at radius 3 is 2.50 bits per heavy atom. The van der Waals surface area contributed by atoms with Gasteiger partial charge in [0.1, 0.15) is 0 Å². The van der Waals surface area contributed by atoms with Gasteiger partial charge in [0.25, 0.3) is 0 Å². The summed E-state index contributed by atoms with van der Waals surface area (Å²) in [7, 11) is -1.89. The quantitative estimate of drug-likeness (QED) is 0.115. The maximum atomic E-state index is 11.9. The lowest BCUT2D eigenvalue weighted by Crippen LogP contribution is -2.29. The van der Waals surface area contributed by atoms with Gasteiger partial charge in [0.2, 0.25) is 5.91 Å². The third-order valence-electron chi connectivity index (χ3n) is 6.66. The number of amides is 1. The number of benzene rings is 3. The number of nitrogens with one attached hydrogen (secondary N) is 2. The first-order valence-corrected chi connectivity index (χ1v) is 15.3. The number of fused-ring (bicyclic) bond motifs is 2. The van der Waals surface area contributed by atoms with Gasteiger partial charge in [-0.25, -0.2) is 15.1 Å². The average molecular weight is 564 g/mol. The van der Waals surface area contributed by atoms with E-state index in [9.17, 15) is 9.36 Å². The van der Waals surface area contributed by atoms with Gasteiger partial charge in [-0.2, -0.15) is 0 Å². The summed E-state index contributed by atoms with van der Waals surface area (Å²) in [5.41, 5.74) is 8.99. The average Bonchev–Trinajstić information content (AvgIpc) is 2.94. The monoisotopic (exact) mass is 563 g/mol. The highest BCUT2D eigenvalue weighted by Crippen LogP contribution is 2.31. The molecule has 0 radical (unpaired) electrons. The first-order valence-electron chi connectivity index (χ1n) is 13.6. The van der Waals surface area contributed by atoms with Gasteiger partial charge in [0.05, 0.1) is 17.8 Å². The molecule has 5 N–H and O–H groups in total. The number of carbonyl (C=O) groups is 1. The van der Waals surface area contributed by atoms with E-state index in [4.69, 9.17) is 15.4 Å². The van der Waals surface area contributed by atoms with E-state index in [1.54, 1.807) is 0 Å². The molecule has 0 saturated carbocycles. The summed E-state index contributed by atoms with van der Waals surface area (Å²) in [6, 6.07) is 25.2. The minimum absolute atomic E-state index is 0.0193. The molecule has 40 heavy (non-hydrogen) atoms. The SMILES string of the molecule is CN(CCCNC(=O)CCCOP(N)(=O)O)CCCNc1cc(-c2ccc3ccccc3c2)nc2ccccc12. The van der Waals surface area contributed by atoms with Crippen molar-refractivity contribution in [3.05, 3.63) is 72.8 Å². The first-order chi connectivity index (χ1) is 19.3. The number of aromatic nitrogens is 1. The number of rotatable bonds is 15. The first kappa shape index (κ1) is 29.6. The number of carbonyl (C=O) groups excluding carboxylic acids is 1. The summed E-state index contributed by atoms with van der Waals surface area (Å²) in [4.78, 5) is 27.9. The molecule has 0 aliphatic rings. The van der Waals surface area contributed by atoms with Crippen LogP contribution in [-0.2, 0) is 13.9 Å². The minimum Gasteiger partial charge on any atom is -0.384 e. The summed E-state index contributed by atoms with van der Waals surface area (Å²) in [5, 5.41) is 10.0. The highest BCUT2D eigenvalue weighted by atomic mass is 31.2. The van der Waals surface area contributed by atoms with E-state index in [1.807, 2.05) is 12.1 Å². The Morgan fingerprint density at radius 2 is 1.70 bits per heavy atom. The molecule has 1 atom stereocenters. The molecule has 9 nitrogen and oxygen atoms in total. The number of nitrogens with two attached hydrogens (primary N) is 1. The van der Waals surface area contributed by atoms with E-state index >= 15 is 0 Å². The lowest BCUT2D eigenvalue weighted by atomic mass is 10.0. The van der Waals surface area contributed by atoms with Crippen molar-refractivity contribution in [1.29, 1.82) is 0 Å². The highest BCUT2D eigenvalue weighted by Gasteiger charge is 2.11. The van der Waals surface area contributed by atoms with Crippen LogP contribution in [0.15, 0.2) is 72.8 Å². The van der Waals surface area contributed by atoms with Crippen LogP contribution in [0.5, 0.6) is 0 Å². The summed E-state index contributed by atoms with van der Waals surface area (Å²) in [5.74, 6) is -0.104. The zero-order chi connectivity index (χ0) is 28.4. The molecule has 0 spiro atoms. The van der Waals surface area contributed by atoms with Crippen molar-refractivity contribution in [3.8, 4) is 11.3 Å². The summed E-state index contributed by atoms with van der Waals surface area (Å²) in [6.07, 6.45) is 2.39. The van der Waals surface area contributed by atoms with Gasteiger partial charge in [-0.05, 0) is 68.4 Å². The summed E-state index contributed by atoms with van der Waals surface area (Å²) >= 11 is 0. The molecule has 0 fully saturated rings. The number of hydrogen-bond donors (Lipinski definition) is 4. The Bertz CT molecular complexity index is 1480. The molecule has 1 amide bonds. The number of para-hydroxylation sites is 1. The Hall–Kier alpha value is -3.33. The van der Waals surface area contributed by atoms with Crippen molar-refractivity contribution < 1.29 is 18.8 Å². The van der Waals surface area contributed by atoms with Crippen LogP contribution in [0.25, 0.3) is 32.9 Å². The van der Waals surface area contributed by atoms with Crippen LogP contribution in [0.1, 0.15) is 25.7 Å². The van der Waals surface area contributed by atoms with Crippen molar-refractivity contribution in [2.45, 2.75) is 25.7 Å². The fourth-order valence-electron chi connectivity index (χ4n) is 4.60. The molecule has 0 aliphatic heterocycles. The van der Waals surface area contributed by atoms with Crippen LogP contribution in [0.4, 0.5) is 5.69 Å². The molecule has 1 unspecified atom stereocenters. The van der Waals surface area contributed by atoms with Crippen molar-refractivity contribution in [2.24, 2.45) is 5.50 Å². The molecule has 10 heteroatoms. The topological polar surface area (TPSA) is 130 Å². The molecule has 0 bridgehead atoms. The Labute approximate surface area is 235 Å². The molecule has 0 aliphatic carbocycles. The van der Waals surface area contributed by atoms with Crippen LogP contribution in [0.3, 0.4) is 0 Å². The van der Waals surface area contributed by atoms with Gasteiger partial charge in [-0.3, -0.25) is 9.32 Å². The predicted octanol–water partition coefficient (Wildman–Crippen LogP) is 5.15. The lowest BCUT2D eigenvalue weighted by Gasteiger charge is -2.18. The van der Waals surface area contributed by atoms with Gasteiger partial charge < -0.3 is 20.4 Å². The van der Waals surface area contributed by atoms with E-state index in [0.717, 1.165) is 60.3 Å². The number of anilines is 1. The van der Waals surface area contributed by atoms with Crippen LogP contribution < -0.4 is 16.1 Å². The second-order valence-electron chi connectivity index (χ2n) is 9.92. The van der Waals surface area contributed by atoms with Gasteiger partial charge in [-0.1, -0.05) is 54.6 Å². The highest BCUT2D eigenvalue weighted by molar-refractivity contribution is 7.50. The predicted molar refractivity (Wildman–Crippen MR) is 162 cm³/mol. The number of nitrogens with zero attached hydrogens (tertiary/aromatic N) is 2. The van der Waals surface area contributed by atoms with Gasteiger partial charge in [0.15, 0.2) is 0 Å². The maximum Gasteiger partial charge on any atom is 0.400 e. The standard InChI is InChI=1S/C30H38N5O4P/c1-35(19-8-17-33-30(36)13-6-20-39-40(31,37)38)18-7-16-32-29-22-28(34-27-12-5-4-11-26(27)29)25-15-14-23-9-2-3-10-24(23)21-25/h2-5,9-12,14-15,21-22H,6-8,13,16-20H2,1H3,(H,32,34)(H,33,36)(H3,31,37,38). The van der Waals surface area contributed by atoms with E-state index in [1.165, 1.54) is 10.8 Å². The van der Waals surface area contributed by atoms with Gasteiger partial charge in [-0.15, -0.1) is 0 Å². The number of pyridine rings is 1. The molecule has 212 valence electrons. The molecule has 0 saturated heterocycles. The molecular weight excluding hydrogens is 525 g/mol. The fraction of sp³-hybridized carbons (Fsp3) is 0.333. The number of hydrogen-bond acceptors (Lipinski definition) is 6. The van der Waals surface area contributed by atoms with Crippen molar-refractivity contribution in [3.63, 3.8) is 0 Å². The van der Waals surface area contributed by atoms with E-state index in [-0.39, 0.29) is 18.9 Å². The van der Waals surface area contributed by atoms with Crippen molar-refractivity contribution in [2.75, 3.05) is 45.2 Å². The Balaban J connectivity index is 1.22. The second-order valence-corrected chi connectivity index (χ2v) is 11.3. The van der Waals surface area contributed by atoms with Crippen LogP contribution in [0.2, 0.25) is 0 Å². The van der Waals surface area contributed by atoms with Crippen molar-refractivity contribution >= 4 is 41.0 Å². The maximum absolute atomic E-state index is 11.9. The lowest BCUT2D eigenvalue weighted by molar-refractivity contribution is -0.121. The van der Waals surface area contributed by atoms with E-state index in [0.29, 0.717) is 13.0 Å². The largest absolute Gasteiger partial charge is 0.400 e. The molecular formula is C30H38N5O4P. The molecule has 4 aromatic rings. The van der Waals surface area contributed by atoms with E-state index < -0.39 is 7.75 Å². The van der Waals surface area contributed by atoms with Gasteiger partial charge >= 0.3 is 7.75 Å². The Morgan fingerprint density at radius 1 is 0.975 bits per heavy atom. The third kappa shape index (κ3) is 9.11. The van der Waals surface area contributed by atoms with Crippen LogP contribution >= 0.6 is 7.75 Å². The molecule has 3 aromatic carbocycles. The van der Waals surface area contributed by atoms with E-state index in [2.05, 4.69) is 87.8 Å².